The van der Waals surface area contributed by atoms with E-state index in [1.807, 2.05) is 44.2 Å². The van der Waals surface area contributed by atoms with Crippen LogP contribution in [0, 0.1) is 20.8 Å². The Morgan fingerprint density at radius 3 is 2.47 bits per heavy atom. The number of carbonyl (C=O) groups excluding carboxylic acids is 1. The average Bonchev–Trinajstić information content (AvgIpc) is 2.40. The molecule has 0 heterocycles. The first-order valence-corrected chi connectivity index (χ1v) is 7.35. The summed E-state index contributed by atoms with van der Waals surface area (Å²) in [6.07, 6.45) is 0. The predicted molar refractivity (Wildman–Crippen MR) is 82.1 cm³/mol. The van der Waals surface area contributed by atoms with E-state index in [0.717, 1.165) is 16.7 Å². The lowest BCUT2D eigenvalue weighted by atomic mass is 10.0. The molecule has 2 aromatic rings. The summed E-state index contributed by atoms with van der Waals surface area (Å²) in [5.41, 5.74) is 4.26. The van der Waals surface area contributed by atoms with Crippen molar-refractivity contribution in [2.24, 2.45) is 0 Å². The van der Waals surface area contributed by atoms with Crippen molar-refractivity contribution in [2.75, 3.05) is 5.75 Å². The maximum absolute atomic E-state index is 12.3. The topological polar surface area (TPSA) is 17.1 Å². The highest BCUT2D eigenvalue weighted by molar-refractivity contribution is 8.00. The zero-order chi connectivity index (χ0) is 13.8. The molecule has 0 aliphatic carbocycles. The molecule has 0 saturated carbocycles. The van der Waals surface area contributed by atoms with Crippen molar-refractivity contribution in [2.45, 2.75) is 25.7 Å². The van der Waals surface area contributed by atoms with Crippen molar-refractivity contribution in [3.05, 3.63) is 64.7 Å². The smallest absolute Gasteiger partial charge is 0.173 e. The monoisotopic (exact) mass is 270 g/mol. The van der Waals surface area contributed by atoms with Crippen LogP contribution < -0.4 is 0 Å². The molecule has 1 nitrogen and oxygen atoms in total. The van der Waals surface area contributed by atoms with Crippen molar-refractivity contribution in [1.82, 2.24) is 0 Å². The molecule has 2 rings (SSSR count). The number of benzene rings is 2. The number of thioether (sulfide) groups is 1. The maximum Gasteiger partial charge on any atom is 0.173 e. The summed E-state index contributed by atoms with van der Waals surface area (Å²) in [6.45, 7) is 6.08. The van der Waals surface area contributed by atoms with Crippen LogP contribution in [-0.2, 0) is 0 Å². The summed E-state index contributed by atoms with van der Waals surface area (Å²) in [7, 11) is 0. The molecule has 98 valence electrons. The van der Waals surface area contributed by atoms with Crippen molar-refractivity contribution < 1.29 is 4.79 Å². The summed E-state index contributed by atoms with van der Waals surface area (Å²) in [6, 6.07) is 14.2. The Labute approximate surface area is 119 Å². The molecule has 0 unspecified atom stereocenters. The van der Waals surface area contributed by atoms with Crippen molar-refractivity contribution in [1.29, 1.82) is 0 Å². The van der Waals surface area contributed by atoms with E-state index >= 15 is 0 Å². The molecule has 0 saturated heterocycles. The molecule has 0 N–H and O–H groups in total. The van der Waals surface area contributed by atoms with Crippen LogP contribution in [0.1, 0.15) is 27.0 Å². The van der Waals surface area contributed by atoms with Gasteiger partial charge in [-0.1, -0.05) is 35.9 Å². The van der Waals surface area contributed by atoms with E-state index in [1.54, 1.807) is 11.8 Å². The fourth-order valence-electron chi connectivity index (χ4n) is 1.98. The number of Topliss-reactive ketones (excluding diaryl/α,β-unsaturated/α-hetero) is 1. The van der Waals surface area contributed by atoms with Gasteiger partial charge in [0.2, 0.25) is 0 Å². The van der Waals surface area contributed by atoms with Gasteiger partial charge in [-0.25, -0.2) is 0 Å². The van der Waals surface area contributed by atoms with Crippen LogP contribution in [0.25, 0.3) is 0 Å². The van der Waals surface area contributed by atoms with Crippen LogP contribution in [0.3, 0.4) is 0 Å². The van der Waals surface area contributed by atoms with Gasteiger partial charge in [-0.15, -0.1) is 11.8 Å². The number of aryl methyl sites for hydroxylation is 3. The lowest BCUT2D eigenvalue weighted by Gasteiger charge is -2.07. The van der Waals surface area contributed by atoms with Gasteiger partial charge in [0.25, 0.3) is 0 Å². The first-order chi connectivity index (χ1) is 9.08. The van der Waals surface area contributed by atoms with E-state index in [1.165, 1.54) is 10.5 Å². The Morgan fingerprint density at radius 1 is 1.00 bits per heavy atom. The zero-order valence-corrected chi connectivity index (χ0v) is 12.4. The molecule has 0 aliphatic heterocycles. The largest absolute Gasteiger partial charge is 0.293 e. The molecule has 0 aliphatic rings. The van der Waals surface area contributed by atoms with Crippen LogP contribution in [0.15, 0.2) is 47.4 Å². The molecule has 0 aromatic heterocycles. The lowest BCUT2D eigenvalue weighted by Crippen LogP contribution is -2.05. The molecule has 0 amide bonds. The van der Waals surface area contributed by atoms with E-state index in [9.17, 15) is 4.79 Å². The van der Waals surface area contributed by atoms with Crippen molar-refractivity contribution >= 4 is 17.5 Å². The minimum Gasteiger partial charge on any atom is -0.293 e. The standard InChI is InChI=1S/C17H18OS/c1-12-8-9-13(2)15(10-12)16(18)11-19-17-7-5-4-6-14(17)3/h4-10H,11H2,1-3H3. The molecule has 0 spiro atoms. The molecule has 19 heavy (non-hydrogen) atoms. The normalized spacial score (nSPS) is 10.5. The van der Waals surface area contributed by atoms with Gasteiger partial charge in [-0.3, -0.25) is 4.79 Å². The van der Waals surface area contributed by atoms with E-state index in [4.69, 9.17) is 0 Å². The molecular weight excluding hydrogens is 252 g/mol. The first kappa shape index (κ1) is 13.9. The Morgan fingerprint density at radius 2 is 1.74 bits per heavy atom. The second kappa shape index (κ2) is 6.07. The summed E-state index contributed by atoms with van der Waals surface area (Å²) < 4.78 is 0. The van der Waals surface area contributed by atoms with Gasteiger partial charge < -0.3 is 0 Å². The minimum absolute atomic E-state index is 0.203. The third-order valence-corrected chi connectivity index (χ3v) is 4.32. The third-order valence-electron chi connectivity index (χ3n) is 3.15. The SMILES string of the molecule is Cc1ccc(C)c(C(=O)CSc2ccccc2C)c1. The first-order valence-electron chi connectivity index (χ1n) is 6.37. The Bertz CT molecular complexity index is 602. The molecule has 0 atom stereocenters. The van der Waals surface area contributed by atoms with Gasteiger partial charge in [0, 0.05) is 10.5 Å². The van der Waals surface area contributed by atoms with Crippen LogP contribution in [0.4, 0.5) is 0 Å². The maximum atomic E-state index is 12.3. The van der Waals surface area contributed by atoms with Crippen LogP contribution in [0.5, 0.6) is 0 Å². The Hall–Kier alpha value is -1.54. The van der Waals surface area contributed by atoms with Gasteiger partial charge in [0.1, 0.15) is 0 Å². The van der Waals surface area contributed by atoms with Gasteiger partial charge in [-0.2, -0.15) is 0 Å². The van der Waals surface area contributed by atoms with E-state index < -0.39 is 0 Å². The highest BCUT2D eigenvalue weighted by Gasteiger charge is 2.10. The second-order valence-electron chi connectivity index (χ2n) is 4.80. The molecular formula is C17H18OS. The lowest BCUT2D eigenvalue weighted by molar-refractivity contribution is 0.102. The van der Waals surface area contributed by atoms with Crippen LogP contribution >= 0.6 is 11.8 Å². The van der Waals surface area contributed by atoms with E-state index in [2.05, 4.69) is 19.1 Å². The van der Waals surface area contributed by atoms with Crippen molar-refractivity contribution in [3.8, 4) is 0 Å². The Kier molecular flexibility index (Phi) is 4.43. The van der Waals surface area contributed by atoms with Crippen LogP contribution in [-0.4, -0.2) is 11.5 Å². The zero-order valence-electron chi connectivity index (χ0n) is 11.6. The van der Waals surface area contributed by atoms with Crippen LogP contribution in [0.2, 0.25) is 0 Å². The summed E-state index contributed by atoms with van der Waals surface area (Å²) >= 11 is 1.62. The summed E-state index contributed by atoms with van der Waals surface area (Å²) in [5.74, 6) is 0.698. The molecule has 2 heteroatoms. The third kappa shape index (κ3) is 3.48. The molecule has 0 radical (unpaired) electrons. The molecule has 2 aromatic carbocycles. The minimum atomic E-state index is 0.203. The quantitative estimate of drug-likeness (QED) is 0.597. The van der Waals surface area contributed by atoms with Gasteiger partial charge in [0.05, 0.1) is 5.75 Å². The van der Waals surface area contributed by atoms with Gasteiger partial charge in [0.15, 0.2) is 5.78 Å². The molecule has 0 fully saturated rings. The number of rotatable bonds is 4. The number of carbonyl (C=O) groups is 1. The van der Waals surface area contributed by atoms with Crippen molar-refractivity contribution in [3.63, 3.8) is 0 Å². The van der Waals surface area contributed by atoms with Gasteiger partial charge in [-0.05, 0) is 44.0 Å². The summed E-state index contributed by atoms with van der Waals surface area (Å²) in [4.78, 5) is 13.5. The number of hydrogen-bond donors (Lipinski definition) is 0. The Balaban J connectivity index is 2.10. The number of ketones is 1. The predicted octanol–water partition coefficient (Wildman–Crippen LogP) is 4.59. The number of hydrogen-bond acceptors (Lipinski definition) is 2. The highest BCUT2D eigenvalue weighted by Crippen LogP contribution is 2.23. The fraction of sp³-hybridized carbons (Fsp3) is 0.235. The fourth-order valence-corrected chi connectivity index (χ4v) is 2.89. The van der Waals surface area contributed by atoms with E-state index in [0.29, 0.717) is 5.75 Å². The highest BCUT2D eigenvalue weighted by atomic mass is 32.2. The summed E-state index contributed by atoms with van der Waals surface area (Å²) in [5, 5.41) is 0. The molecule has 0 bridgehead atoms. The average molecular weight is 270 g/mol. The second-order valence-corrected chi connectivity index (χ2v) is 5.81. The van der Waals surface area contributed by atoms with Gasteiger partial charge >= 0.3 is 0 Å². The van der Waals surface area contributed by atoms with E-state index in [-0.39, 0.29) is 5.78 Å².